The van der Waals surface area contributed by atoms with Gasteiger partial charge in [0.15, 0.2) is 0 Å². The van der Waals surface area contributed by atoms with E-state index < -0.39 is 18.1 Å². The summed E-state index contributed by atoms with van der Waals surface area (Å²) >= 11 is 0. The Bertz CT molecular complexity index is 900. The fraction of sp³-hybridized carbons (Fsp3) is 0.250. The van der Waals surface area contributed by atoms with E-state index in [4.69, 9.17) is 0 Å². The van der Waals surface area contributed by atoms with Gasteiger partial charge in [-0.2, -0.15) is 0 Å². The summed E-state index contributed by atoms with van der Waals surface area (Å²) in [5, 5.41) is 10.2. The van der Waals surface area contributed by atoms with Crippen molar-refractivity contribution in [2.75, 3.05) is 23.7 Å². The Balaban J connectivity index is 1.70. The number of ether oxygens (including phenoxy) is 1. The highest BCUT2D eigenvalue weighted by Crippen LogP contribution is 2.23. The molecule has 0 saturated heterocycles. The maximum Gasteiger partial charge on any atom is 0.573 e. The van der Waals surface area contributed by atoms with E-state index in [1.165, 1.54) is 12.1 Å². The molecule has 2 rings (SSSR count). The number of nitrogens with one attached hydrogen (secondary N) is 4. The summed E-state index contributed by atoms with van der Waals surface area (Å²) in [6.45, 7) is 2.01. The minimum absolute atomic E-state index is 0.123. The van der Waals surface area contributed by atoms with Crippen molar-refractivity contribution in [2.24, 2.45) is 0 Å². The standard InChI is InChI=1S/C20H21F3N4O4/c1-2-17(28)26-14-5-3-13(4-6-14)18(29)24-11-12-25-19(30)27-15-7-9-16(10-8-15)31-20(21,22)23/h3-10H,2,11-12H2,1H3,(H,24,29)(H,26,28)(H2,25,27,30). The Kier molecular flexibility index (Phi) is 8.24. The Morgan fingerprint density at radius 3 is 1.97 bits per heavy atom. The molecule has 4 amide bonds. The number of anilines is 2. The van der Waals surface area contributed by atoms with Crippen LogP contribution in [0.15, 0.2) is 48.5 Å². The summed E-state index contributed by atoms with van der Waals surface area (Å²) in [6.07, 6.45) is -4.44. The monoisotopic (exact) mass is 438 g/mol. The predicted octanol–water partition coefficient (Wildman–Crippen LogP) is 3.49. The number of hydrogen-bond donors (Lipinski definition) is 4. The zero-order valence-electron chi connectivity index (χ0n) is 16.5. The lowest BCUT2D eigenvalue weighted by molar-refractivity contribution is -0.274. The number of carbonyl (C=O) groups excluding carboxylic acids is 3. The molecule has 0 spiro atoms. The van der Waals surface area contributed by atoms with Crippen LogP contribution in [-0.4, -0.2) is 37.3 Å². The molecule has 0 aliphatic rings. The first-order valence-electron chi connectivity index (χ1n) is 9.25. The number of alkyl halides is 3. The van der Waals surface area contributed by atoms with Gasteiger partial charge in [0.25, 0.3) is 5.91 Å². The van der Waals surface area contributed by atoms with Gasteiger partial charge < -0.3 is 26.0 Å². The highest BCUT2D eigenvalue weighted by atomic mass is 19.4. The van der Waals surface area contributed by atoms with Crippen LogP contribution in [0.4, 0.5) is 29.3 Å². The summed E-state index contributed by atoms with van der Waals surface area (Å²) < 4.78 is 40.1. The number of carbonyl (C=O) groups is 3. The summed E-state index contributed by atoms with van der Waals surface area (Å²) in [5.74, 6) is -0.884. The minimum Gasteiger partial charge on any atom is -0.406 e. The maximum absolute atomic E-state index is 12.1. The summed E-state index contributed by atoms with van der Waals surface area (Å²) in [6, 6.07) is 10.4. The zero-order valence-corrected chi connectivity index (χ0v) is 16.5. The van der Waals surface area contributed by atoms with Crippen LogP contribution >= 0.6 is 0 Å². The Hall–Kier alpha value is -3.76. The molecule has 0 fully saturated rings. The molecule has 0 atom stereocenters. The van der Waals surface area contributed by atoms with Gasteiger partial charge in [0.1, 0.15) is 5.75 Å². The molecule has 0 saturated carbocycles. The lowest BCUT2D eigenvalue weighted by Crippen LogP contribution is -2.36. The van der Waals surface area contributed by atoms with E-state index in [1.807, 2.05) is 0 Å². The Labute approximate surface area is 176 Å². The normalized spacial score (nSPS) is 10.7. The van der Waals surface area contributed by atoms with E-state index in [1.54, 1.807) is 31.2 Å². The van der Waals surface area contributed by atoms with Gasteiger partial charge in [-0.3, -0.25) is 9.59 Å². The summed E-state index contributed by atoms with van der Waals surface area (Å²) in [7, 11) is 0. The number of urea groups is 1. The number of halogens is 3. The fourth-order valence-corrected chi connectivity index (χ4v) is 2.32. The van der Waals surface area contributed by atoms with Gasteiger partial charge in [-0.15, -0.1) is 13.2 Å². The molecule has 0 aliphatic heterocycles. The largest absolute Gasteiger partial charge is 0.573 e. The maximum atomic E-state index is 12.1. The molecule has 4 N–H and O–H groups in total. The van der Waals surface area contributed by atoms with E-state index in [9.17, 15) is 27.6 Å². The van der Waals surface area contributed by atoms with Crippen molar-refractivity contribution in [3.8, 4) is 5.75 Å². The summed E-state index contributed by atoms with van der Waals surface area (Å²) in [4.78, 5) is 35.2. The quantitative estimate of drug-likeness (QED) is 0.473. The van der Waals surface area contributed by atoms with Crippen molar-refractivity contribution in [2.45, 2.75) is 19.7 Å². The van der Waals surface area contributed by atoms with Crippen molar-refractivity contribution in [3.63, 3.8) is 0 Å². The van der Waals surface area contributed by atoms with E-state index in [0.29, 0.717) is 17.7 Å². The molecule has 31 heavy (non-hydrogen) atoms. The first kappa shape index (κ1) is 23.5. The third kappa shape index (κ3) is 8.64. The average molecular weight is 438 g/mol. The lowest BCUT2D eigenvalue weighted by Gasteiger charge is -2.11. The van der Waals surface area contributed by atoms with E-state index in [0.717, 1.165) is 12.1 Å². The number of amides is 4. The molecule has 0 aromatic heterocycles. The molecule has 0 radical (unpaired) electrons. The first-order valence-corrected chi connectivity index (χ1v) is 9.25. The van der Waals surface area contributed by atoms with Gasteiger partial charge in [-0.25, -0.2) is 4.79 Å². The fourth-order valence-electron chi connectivity index (χ4n) is 2.32. The van der Waals surface area contributed by atoms with Crippen LogP contribution in [0.2, 0.25) is 0 Å². The van der Waals surface area contributed by atoms with Crippen LogP contribution in [0.25, 0.3) is 0 Å². The second kappa shape index (κ2) is 10.9. The number of hydrogen-bond acceptors (Lipinski definition) is 4. The molecular weight excluding hydrogens is 417 g/mol. The molecule has 166 valence electrons. The molecule has 0 heterocycles. The highest BCUT2D eigenvalue weighted by molar-refractivity contribution is 5.95. The van der Waals surface area contributed by atoms with Crippen LogP contribution in [0.1, 0.15) is 23.7 Å². The third-order valence-corrected chi connectivity index (χ3v) is 3.79. The van der Waals surface area contributed by atoms with E-state index in [-0.39, 0.29) is 30.6 Å². The molecule has 2 aromatic rings. The van der Waals surface area contributed by atoms with Crippen molar-refractivity contribution < 1.29 is 32.3 Å². The minimum atomic E-state index is -4.79. The predicted molar refractivity (Wildman–Crippen MR) is 108 cm³/mol. The second-order valence-corrected chi connectivity index (χ2v) is 6.19. The third-order valence-electron chi connectivity index (χ3n) is 3.79. The van der Waals surface area contributed by atoms with Crippen LogP contribution in [-0.2, 0) is 4.79 Å². The first-order chi connectivity index (χ1) is 14.7. The van der Waals surface area contributed by atoms with Gasteiger partial charge in [0, 0.05) is 36.4 Å². The number of benzene rings is 2. The molecule has 11 heteroatoms. The second-order valence-electron chi connectivity index (χ2n) is 6.19. The smallest absolute Gasteiger partial charge is 0.406 e. The van der Waals surface area contributed by atoms with Gasteiger partial charge >= 0.3 is 12.4 Å². The van der Waals surface area contributed by atoms with Gasteiger partial charge in [0.05, 0.1) is 0 Å². The Morgan fingerprint density at radius 2 is 1.39 bits per heavy atom. The van der Waals surface area contributed by atoms with Crippen LogP contribution in [0.5, 0.6) is 5.75 Å². The molecular formula is C20H21F3N4O4. The van der Waals surface area contributed by atoms with Gasteiger partial charge in [-0.1, -0.05) is 6.92 Å². The van der Waals surface area contributed by atoms with Gasteiger partial charge in [-0.05, 0) is 48.5 Å². The van der Waals surface area contributed by atoms with Crippen molar-refractivity contribution >= 4 is 29.2 Å². The molecule has 8 nitrogen and oxygen atoms in total. The molecule has 0 unspecified atom stereocenters. The van der Waals surface area contributed by atoms with Gasteiger partial charge in [0.2, 0.25) is 5.91 Å². The van der Waals surface area contributed by atoms with Crippen LogP contribution < -0.4 is 26.0 Å². The highest BCUT2D eigenvalue weighted by Gasteiger charge is 2.30. The molecule has 2 aromatic carbocycles. The SMILES string of the molecule is CCC(=O)Nc1ccc(C(=O)NCCNC(=O)Nc2ccc(OC(F)(F)F)cc2)cc1. The Morgan fingerprint density at radius 1 is 0.839 bits per heavy atom. The molecule has 0 aliphatic carbocycles. The van der Waals surface area contributed by atoms with E-state index >= 15 is 0 Å². The topological polar surface area (TPSA) is 109 Å². The zero-order chi connectivity index (χ0) is 22.9. The van der Waals surface area contributed by atoms with E-state index in [2.05, 4.69) is 26.0 Å². The van der Waals surface area contributed by atoms with Crippen LogP contribution in [0, 0.1) is 0 Å². The van der Waals surface area contributed by atoms with Crippen molar-refractivity contribution in [1.29, 1.82) is 0 Å². The average Bonchev–Trinajstić information content (AvgIpc) is 2.72. The van der Waals surface area contributed by atoms with Crippen LogP contribution in [0.3, 0.4) is 0 Å². The summed E-state index contributed by atoms with van der Waals surface area (Å²) in [5.41, 5.74) is 1.24. The van der Waals surface area contributed by atoms with Crippen molar-refractivity contribution in [3.05, 3.63) is 54.1 Å². The van der Waals surface area contributed by atoms with Crippen molar-refractivity contribution in [1.82, 2.24) is 10.6 Å². The lowest BCUT2D eigenvalue weighted by atomic mass is 10.2. The molecule has 0 bridgehead atoms. The number of rotatable bonds is 8.